The number of nitrogens with one attached hydrogen (secondary N) is 1. The number of sulfonamides is 1. The van der Waals surface area contributed by atoms with Crippen molar-refractivity contribution in [3.63, 3.8) is 0 Å². The van der Waals surface area contributed by atoms with Gasteiger partial charge < -0.3 is 10.2 Å². The molecule has 0 saturated carbocycles. The number of halogens is 1. The highest BCUT2D eigenvalue weighted by Crippen LogP contribution is 2.42. The molecule has 1 atom stereocenters. The quantitative estimate of drug-likeness (QED) is 0.262. The van der Waals surface area contributed by atoms with Gasteiger partial charge in [-0.05, 0) is 47.2 Å². The number of carbonyl (C=O) groups excluding carboxylic acids is 2. The Balaban J connectivity index is 1.38. The highest BCUT2D eigenvalue weighted by molar-refractivity contribution is 9.10. The molecular weight excluding hydrogens is 590 g/mol. The van der Waals surface area contributed by atoms with Gasteiger partial charge in [0.2, 0.25) is 11.8 Å². The zero-order valence-corrected chi connectivity index (χ0v) is 24.5. The van der Waals surface area contributed by atoms with Gasteiger partial charge in [-0.15, -0.1) is 0 Å². The van der Waals surface area contributed by atoms with E-state index in [1.807, 2.05) is 72.8 Å². The molecule has 0 aromatic heterocycles. The van der Waals surface area contributed by atoms with Crippen LogP contribution in [0, 0.1) is 0 Å². The molecule has 40 heavy (non-hydrogen) atoms. The summed E-state index contributed by atoms with van der Waals surface area (Å²) in [7, 11) is -2.14. The van der Waals surface area contributed by atoms with Gasteiger partial charge in [0.05, 0.1) is 10.6 Å². The Morgan fingerprint density at radius 2 is 1.62 bits per heavy atom. The summed E-state index contributed by atoms with van der Waals surface area (Å²) in [5.74, 6) is -0.465. The van der Waals surface area contributed by atoms with E-state index in [0.717, 1.165) is 26.4 Å². The summed E-state index contributed by atoms with van der Waals surface area (Å²) in [6.45, 7) is 0.409. The molecule has 4 aromatic rings. The second-order valence-electron chi connectivity index (χ2n) is 9.78. The number of rotatable bonds is 10. The first-order chi connectivity index (χ1) is 19.3. The van der Waals surface area contributed by atoms with Crippen LogP contribution in [0.15, 0.2) is 100 Å². The molecule has 206 valence electrons. The number of anilines is 1. The third-order valence-corrected chi connectivity index (χ3v) is 9.54. The van der Waals surface area contributed by atoms with Crippen molar-refractivity contribution in [1.82, 2.24) is 10.2 Å². The van der Waals surface area contributed by atoms with Gasteiger partial charge in [-0.3, -0.25) is 13.9 Å². The maximum absolute atomic E-state index is 13.8. The van der Waals surface area contributed by atoms with Gasteiger partial charge in [-0.1, -0.05) is 82.7 Å². The molecule has 1 unspecified atom stereocenters. The number of amides is 2. The largest absolute Gasteiger partial charge is 0.357 e. The average Bonchev–Trinajstić information content (AvgIpc) is 3.18. The fourth-order valence-electron chi connectivity index (χ4n) is 5.27. The van der Waals surface area contributed by atoms with Crippen LogP contribution in [-0.2, 0) is 32.6 Å². The number of nitrogens with zero attached hydrogens (tertiary/aromatic N) is 2. The van der Waals surface area contributed by atoms with Gasteiger partial charge in [-0.2, -0.15) is 0 Å². The molecule has 1 aliphatic heterocycles. The molecule has 9 heteroatoms. The number of carbonyl (C=O) groups is 2. The third kappa shape index (κ3) is 5.62. The third-order valence-electron chi connectivity index (χ3n) is 7.19. The molecule has 1 aliphatic rings. The minimum absolute atomic E-state index is 0.0919. The molecule has 4 aromatic carbocycles. The lowest BCUT2D eigenvalue weighted by molar-refractivity contribution is -0.141. The first kappa shape index (κ1) is 27.9. The summed E-state index contributed by atoms with van der Waals surface area (Å²) in [5, 5.41) is 4.31. The predicted octanol–water partition coefficient (Wildman–Crippen LogP) is 5.28. The van der Waals surface area contributed by atoms with Gasteiger partial charge in [0.25, 0.3) is 10.0 Å². The lowest BCUT2D eigenvalue weighted by Crippen LogP contribution is -2.49. The van der Waals surface area contributed by atoms with Crippen molar-refractivity contribution in [2.75, 3.05) is 17.9 Å². The highest BCUT2D eigenvalue weighted by Gasteiger charge is 2.35. The summed E-state index contributed by atoms with van der Waals surface area (Å²) < 4.78 is 29.0. The molecule has 0 bridgehead atoms. The monoisotopic (exact) mass is 619 g/mol. The van der Waals surface area contributed by atoms with Gasteiger partial charge in [0, 0.05) is 42.8 Å². The summed E-state index contributed by atoms with van der Waals surface area (Å²) in [4.78, 5) is 28.8. The van der Waals surface area contributed by atoms with Crippen molar-refractivity contribution >= 4 is 54.2 Å². The van der Waals surface area contributed by atoms with Crippen molar-refractivity contribution in [3.8, 4) is 0 Å². The van der Waals surface area contributed by atoms with E-state index in [0.29, 0.717) is 23.4 Å². The van der Waals surface area contributed by atoms with Crippen LogP contribution in [-0.4, -0.2) is 44.8 Å². The first-order valence-electron chi connectivity index (χ1n) is 13.1. The Kier molecular flexibility index (Phi) is 8.23. The highest BCUT2D eigenvalue weighted by atomic mass is 79.9. The van der Waals surface area contributed by atoms with Crippen molar-refractivity contribution < 1.29 is 18.0 Å². The molecule has 0 fully saturated rings. The van der Waals surface area contributed by atoms with Gasteiger partial charge >= 0.3 is 0 Å². The predicted molar refractivity (Wildman–Crippen MR) is 160 cm³/mol. The lowest BCUT2D eigenvalue weighted by Gasteiger charge is -2.31. The van der Waals surface area contributed by atoms with Gasteiger partial charge in [0.1, 0.15) is 6.04 Å². The van der Waals surface area contributed by atoms with E-state index in [-0.39, 0.29) is 31.3 Å². The second kappa shape index (κ2) is 11.8. The zero-order valence-electron chi connectivity index (χ0n) is 22.1. The van der Waals surface area contributed by atoms with Crippen molar-refractivity contribution in [3.05, 3.63) is 107 Å². The molecule has 1 heterocycles. The minimum atomic E-state index is -3.71. The Labute approximate surface area is 243 Å². The van der Waals surface area contributed by atoms with Crippen LogP contribution in [0.4, 0.5) is 5.69 Å². The molecule has 0 spiro atoms. The normalized spacial score (nSPS) is 14.2. The molecule has 0 radical (unpaired) electrons. The maximum Gasteiger partial charge on any atom is 0.265 e. The van der Waals surface area contributed by atoms with E-state index >= 15 is 0 Å². The summed E-state index contributed by atoms with van der Waals surface area (Å²) in [6, 6.07) is 27.3. The second-order valence-corrected chi connectivity index (χ2v) is 12.5. The zero-order chi connectivity index (χ0) is 28.3. The van der Waals surface area contributed by atoms with Crippen molar-refractivity contribution in [2.45, 2.75) is 36.7 Å². The van der Waals surface area contributed by atoms with E-state index in [1.54, 1.807) is 30.1 Å². The van der Waals surface area contributed by atoms with Crippen LogP contribution >= 0.6 is 15.9 Å². The van der Waals surface area contributed by atoms with E-state index < -0.39 is 16.1 Å². The molecule has 0 saturated heterocycles. The van der Waals surface area contributed by atoms with Crippen LogP contribution in [0.1, 0.15) is 24.0 Å². The first-order valence-corrected chi connectivity index (χ1v) is 15.4. The molecular formula is C31H30BrN3O4S. The molecule has 5 rings (SSSR count). The van der Waals surface area contributed by atoms with Crippen LogP contribution in [0.3, 0.4) is 0 Å². The molecule has 1 N–H and O–H groups in total. The summed E-state index contributed by atoms with van der Waals surface area (Å²) in [5.41, 5.74) is 2.46. The molecule has 7 nitrogen and oxygen atoms in total. The van der Waals surface area contributed by atoms with E-state index in [4.69, 9.17) is 0 Å². The standard InChI is InChI=1S/C31H30BrN3O4S/c1-33-31(37)27(20-22-9-3-2-4-10-22)34(21-23-11-5-14-25(32)19-23)29(36)17-8-18-35-26-15-6-12-24-13-7-16-28(30(24)26)40(35,38)39/h2-7,9-16,19,27H,8,17-18,20-21H2,1H3,(H,33,37). The van der Waals surface area contributed by atoms with E-state index in [1.165, 1.54) is 4.31 Å². The number of hydrogen-bond acceptors (Lipinski definition) is 4. The number of hydrogen-bond donors (Lipinski definition) is 1. The fraction of sp³-hybridized carbons (Fsp3) is 0.226. The smallest absolute Gasteiger partial charge is 0.265 e. The van der Waals surface area contributed by atoms with Crippen LogP contribution in [0.2, 0.25) is 0 Å². The SMILES string of the molecule is CNC(=O)C(Cc1ccccc1)N(Cc1cccc(Br)c1)C(=O)CCCN1c2cccc3cccc(c23)S1(=O)=O. The summed E-state index contributed by atoms with van der Waals surface area (Å²) in [6.07, 6.45) is 0.760. The van der Waals surface area contributed by atoms with E-state index in [2.05, 4.69) is 21.2 Å². The molecule has 2 amide bonds. The van der Waals surface area contributed by atoms with Gasteiger partial charge in [0.15, 0.2) is 0 Å². The Bertz CT molecular complexity index is 1650. The van der Waals surface area contributed by atoms with E-state index in [9.17, 15) is 18.0 Å². The summed E-state index contributed by atoms with van der Waals surface area (Å²) >= 11 is 3.49. The average molecular weight is 621 g/mol. The van der Waals surface area contributed by atoms with Gasteiger partial charge in [-0.25, -0.2) is 8.42 Å². The topological polar surface area (TPSA) is 86.8 Å². The Morgan fingerprint density at radius 1 is 0.925 bits per heavy atom. The fourth-order valence-corrected chi connectivity index (χ4v) is 7.46. The maximum atomic E-state index is 13.8. The van der Waals surface area contributed by atoms with Crippen LogP contribution in [0.5, 0.6) is 0 Å². The number of likely N-dealkylation sites (N-methyl/N-ethyl adjacent to an activating group) is 1. The van der Waals surface area contributed by atoms with Crippen LogP contribution in [0.25, 0.3) is 10.8 Å². The van der Waals surface area contributed by atoms with Crippen LogP contribution < -0.4 is 9.62 Å². The van der Waals surface area contributed by atoms with Crippen molar-refractivity contribution in [2.24, 2.45) is 0 Å². The minimum Gasteiger partial charge on any atom is -0.357 e. The molecule has 0 aliphatic carbocycles. The lowest BCUT2D eigenvalue weighted by atomic mass is 10.0. The Morgan fingerprint density at radius 3 is 2.35 bits per heavy atom. The Hall–Kier alpha value is -3.69. The van der Waals surface area contributed by atoms with Crippen molar-refractivity contribution in [1.29, 1.82) is 0 Å². The number of benzene rings is 4.